The van der Waals surface area contributed by atoms with Crippen molar-refractivity contribution in [3.8, 4) is 0 Å². The average molecular weight is 200 g/mol. The first-order valence-electron chi connectivity index (χ1n) is 5.26. The van der Waals surface area contributed by atoms with Crippen molar-refractivity contribution in [3.05, 3.63) is 0 Å². The first-order chi connectivity index (χ1) is 6.70. The molecule has 1 unspecified atom stereocenters. The zero-order chi connectivity index (χ0) is 10.4. The SMILES string of the molecule is CN1CCCCCC1COCC(N)=O. The fourth-order valence-electron chi connectivity index (χ4n) is 1.83. The summed E-state index contributed by atoms with van der Waals surface area (Å²) < 4.78 is 5.24. The quantitative estimate of drug-likeness (QED) is 0.713. The second kappa shape index (κ2) is 5.98. The summed E-state index contributed by atoms with van der Waals surface area (Å²) in [4.78, 5) is 12.8. The topological polar surface area (TPSA) is 55.6 Å². The van der Waals surface area contributed by atoms with Crippen LogP contribution in [0.25, 0.3) is 0 Å². The van der Waals surface area contributed by atoms with Gasteiger partial charge in [-0.1, -0.05) is 12.8 Å². The molecule has 0 saturated carbocycles. The minimum Gasteiger partial charge on any atom is -0.370 e. The van der Waals surface area contributed by atoms with E-state index in [2.05, 4.69) is 11.9 Å². The smallest absolute Gasteiger partial charge is 0.243 e. The van der Waals surface area contributed by atoms with Gasteiger partial charge in [-0.2, -0.15) is 0 Å². The molecule has 2 N–H and O–H groups in total. The molecule has 1 rings (SSSR count). The highest BCUT2D eigenvalue weighted by molar-refractivity contribution is 5.74. The summed E-state index contributed by atoms with van der Waals surface area (Å²) in [5, 5.41) is 0. The van der Waals surface area contributed by atoms with Gasteiger partial charge < -0.3 is 15.4 Å². The largest absolute Gasteiger partial charge is 0.370 e. The van der Waals surface area contributed by atoms with Gasteiger partial charge in [0.1, 0.15) is 6.61 Å². The van der Waals surface area contributed by atoms with Gasteiger partial charge in [0, 0.05) is 6.04 Å². The van der Waals surface area contributed by atoms with Crippen LogP contribution in [-0.2, 0) is 9.53 Å². The van der Waals surface area contributed by atoms with E-state index in [0.29, 0.717) is 12.6 Å². The number of primary amides is 1. The predicted octanol–water partition coefficient (Wildman–Crippen LogP) is 0.363. The Morgan fingerprint density at radius 3 is 3.00 bits per heavy atom. The van der Waals surface area contributed by atoms with Crippen LogP contribution in [0.4, 0.5) is 0 Å². The van der Waals surface area contributed by atoms with E-state index in [1.165, 1.54) is 19.3 Å². The van der Waals surface area contributed by atoms with E-state index in [1.807, 2.05) is 0 Å². The monoisotopic (exact) mass is 200 g/mol. The van der Waals surface area contributed by atoms with Gasteiger partial charge in [-0.3, -0.25) is 4.79 Å². The van der Waals surface area contributed by atoms with Gasteiger partial charge in [-0.05, 0) is 26.4 Å². The van der Waals surface area contributed by atoms with Crippen molar-refractivity contribution < 1.29 is 9.53 Å². The van der Waals surface area contributed by atoms with Gasteiger partial charge >= 0.3 is 0 Å². The Kier molecular flexibility index (Phi) is 4.90. The van der Waals surface area contributed by atoms with Crippen LogP contribution in [0, 0.1) is 0 Å². The Hall–Kier alpha value is -0.610. The predicted molar refractivity (Wildman–Crippen MR) is 54.9 cm³/mol. The number of rotatable bonds is 4. The molecule has 14 heavy (non-hydrogen) atoms. The molecule has 82 valence electrons. The average Bonchev–Trinajstić information content (AvgIpc) is 2.31. The molecule has 0 aromatic carbocycles. The van der Waals surface area contributed by atoms with Crippen molar-refractivity contribution in [2.45, 2.75) is 31.7 Å². The lowest BCUT2D eigenvalue weighted by atomic mass is 10.1. The Bertz CT molecular complexity index is 185. The number of likely N-dealkylation sites (N-methyl/N-ethyl adjacent to an activating group) is 1. The maximum Gasteiger partial charge on any atom is 0.243 e. The van der Waals surface area contributed by atoms with Crippen molar-refractivity contribution in [1.82, 2.24) is 4.90 Å². The van der Waals surface area contributed by atoms with Crippen molar-refractivity contribution in [3.63, 3.8) is 0 Å². The number of nitrogens with two attached hydrogens (primary N) is 1. The maximum absolute atomic E-state index is 10.5. The fraction of sp³-hybridized carbons (Fsp3) is 0.900. The van der Waals surface area contributed by atoms with Gasteiger partial charge in [-0.15, -0.1) is 0 Å². The molecule has 1 aliphatic heterocycles. The molecule has 1 amide bonds. The van der Waals surface area contributed by atoms with E-state index in [4.69, 9.17) is 10.5 Å². The zero-order valence-electron chi connectivity index (χ0n) is 8.87. The van der Waals surface area contributed by atoms with Crippen LogP contribution in [0.15, 0.2) is 0 Å². The minimum atomic E-state index is -0.388. The van der Waals surface area contributed by atoms with Crippen LogP contribution in [-0.4, -0.2) is 43.7 Å². The summed E-state index contributed by atoms with van der Waals surface area (Å²) >= 11 is 0. The van der Waals surface area contributed by atoms with Crippen LogP contribution in [0.1, 0.15) is 25.7 Å². The maximum atomic E-state index is 10.5. The second-order valence-corrected chi connectivity index (χ2v) is 3.97. The number of amides is 1. The number of carbonyl (C=O) groups is 1. The van der Waals surface area contributed by atoms with Crippen molar-refractivity contribution >= 4 is 5.91 Å². The highest BCUT2D eigenvalue weighted by Gasteiger charge is 2.17. The minimum absolute atomic E-state index is 0.0460. The molecule has 0 aromatic heterocycles. The van der Waals surface area contributed by atoms with Crippen LogP contribution < -0.4 is 5.73 Å². The first-order valence-corrected chi connectivity index (χ1v) is 5.26. The summed E-state index contributed by atoms with van der Waals surface area (Å²) in [6.45, 7) is 1.80. The first kappa shape index (κ1) is 11.5. The molecule has 4 nitrogen and oxygen atoms in total. The van der Waals surface area contributed by atoms with E-state index >= 15 is 0 Å². The van der Waals surface area contributed by atoms with E-state index in [9.17, 15) is 4.79 Å². The molecular weight excluding hydrogens is 180 g/mol. The molecule has 0 spiro atoms. The zero-order valence-corrected chi connectivity index (χ0v) is 8.87. The third-order valence-corrected chi connectivity index (χ3v) is 2.73. The van der Waals surface area contributed by atoms with E-state index < -0.39 is 0 Å². The molecule has 1 saturated heterocycles. The Balaban J connectivity index is 2.22. The van der Waals surface area contributed by atoms with Gasteiger partial charge in [0.15, 0.2) is 0 Å². The molecule has 1 fully saturated rings. The molecule has 1 atom stereocenters. The number of likely N-dealkylation sites (tertiary alicyclic amines) is 1. The summed E-state index contributed by atoms with van der Waals surface area (Å²) in [6, 6.07) is 0.455. The third kappa shape index (κ3) is 4.07. The Morgan fingerprint density at radius 2 is 2.29 bits per heavy atom. The van der Waals surface area contributed by atoms with Crippen LogP contribution in [0.5, 0.6) is 0 Å². The van der Waals surface area contributed by atoms with E-state index in [-0.39, 0.29) is 12.5 Å². The summed E-state index contributed by atoms with van der Waals surface area (Å²) in [7, 11) is 2.11. The molecule has 0 bridgehead atoms. The highest BCUT2D eigenvalue weighted by atomic mass is 16.5. The third-order valence-electron chi connectivity index (χ3n) is 2.73. The van der Waals surface area contributed by atoms with Crippen molar-refractivity contribution in [2.75, 3.05) is 26.8 Å². The lowest BCUT2D eigenvalue weighted by Gasteiger charge is -2.25. The fourth-order valence-corrected chi connectivity index (χ4v) is 1.83. The summed E-state index contributed by atoms with van der Waals surface area (Å²) in [5.41, 5.74) is 5.00. The second-order valence-electron chi connectivity index (χ2n) is 3.97. The van der Waals surface area contributed by atoms with Crippen molar-refractivity contribution in [2.24, 2.45) is 5.73 Å². The van der Waals surface area contributed by atoms with E-state index in [0.717, 1.165) is 13.0 Å². The summed E-state index contributed by atoms with van der Waals surface area (Å²) in [6.07, 6.45) is 4.99. The number of hydrogen-bond acceptors (Lipinski definition) is 3. The normalized spacial score (nSPS) is 24.5. The summed E-state index contributed by atoms with van der Waals surface area (Å²) in [5.74, 6) is -0.388. The molecule has 0 aromatic rings. The van der Waals surface area contributed by atoms with Crippen LogP contribution >= 0.6 is 0 Å². The van der Waals surface area contributed by atoms with Gasteiger partial charge in [-0.25, -0.2) is 0 Å². The van der Waals surface area contributed by atoms with Gasteiger partial charge in [0.25, 0.3) is 0 Å². The van der Waals surface area contributed by atoms with Gasteiger partial charge in [0.2, 0.25) is 5.91 Å². The number of hydrogen-bond donors (Lipinski definition) is 1. The van der Waals surface area contributed by atoms with E-state index in [1.54, 1.807) is 0 Å². The standard InChI is InChI=1S/C10H20N2O2/c1-12-6-4-2-3-5-9(12)7-14-8-10(11)13/h9H,2-8H2,1H3,(H2,11,13). The molecule has 4 heteroatoms. The molecule has 0 aliphatic carbocycles. The lowest BCUT2D eigenvalue weighted by Crippen LogP contribution is -2.35. The number of carbonyl (C=O) groups excluding carboxylic acids is 1. The highest BCUT2D eigenvalue weighted by Crippen LogP contribution is 2.14. The molecule has 1 heterocycles. The van der Waals surface area contributed by atoms with Crippen molar-refractivity contribution in [1.29, 1.82) is 0 Å². The Morgan fingerprint density at radius 1 is 1.50 bits per heavy atom. The number of nitrogens with zero attached hydrogens (tertiary/aromatic N) is 1. The van der Waals surface area contributed by atoms with Crippen LogP contribution in [0.3, 0.4) is 0 Å². The molecule has 0 radical (unpaired) electrons. The van der Waals surface area contributed by atoms with Gasteiger partial charge in [0.05, 0.1) is 6.61 Å². The number of ether oxygens (including phenoxy) is 1. The molecular formula is C10H20N2O2. The van der Waals surface area contributed by atoms with Crippen LogP contribution in [0.2, 0.25) is 0 Å². The molecule has 1 aliphatic rings. The lowest BCUT2D eigenvalue weighted by molar-refractivity contribution is -0.123. The Labute approximate surface area is 85.4 Å².